The highest BCUT2D eigenvalue weighted by atomic mass is 16.7. The second-order valence-electron chi connectivity index (χ2n) is 5.17. The van der Waals surface area contributed by atoms with Gasteiger partial charge in [-0.05, 0) is 37.1 Å². The van der Waals surface area contributed by atoms with Gasteiger partial charge < -0.3 is 29.0 Å². The first-order valence-corrected chi connectivity index (χ1v) is 7.22. The number of nitrogens with zero attached hydrogens (tertiary/aromatic N) is 1. The van der Waals surface area contributed by atoms with Crippen molar-refractivity contribution in [3.05, 3.63) is 30.0 Å². The van der Waals surface area contributed by atoms with Gasteiger partial charge in [-0.2, -0.15) is 0 Å². The van der Waals surface area contributed by atoms with E-state index >= 15 is 0 Å². The topological polar surface area (TPSA) is 107 Å². The fraction of sp³-hybridized carbons (Fsp3) is 0.250. The first-order valence-electron chi connectivity index (χ1n) is 7.22. The summed E-state index contributed by atoms with van der Waals surface area (Å²) in [6.07, 6.45) is -1.67. The fourth-order valence-corrected chi connectivity index (χ4v) is 2.93. The number of fused-ring (bicyclic) bond motifs is 1. The van der Waals surface area contributed by atoms with E-state index in [0.717, 1.165) is 6.42 Å². The molecule has 1 aromatic carbocycles. The van der Waals surface area contributed by atoms with E-state index in [2.05, 4.69) is 0 Å². The summed E-state index contributed by atoms with van der Waals surface area (Å²) in [5.74, 6) is 0.479. The van der Waals surface area contributed by atoms with Crippen LogP contribution in [0.3, 0.4) is 0 Å². The lowest BCUT2D eigenvalue weighted by Gasteiger charge is -2.09. The molecule has 0 aliphatic carbocycles. The Morgan fingerprint density at radius 1 is 1.04 bits per heavy atom. The third kappa shape index (κ3) is 2.73. The van der Waals surface area contributed by atoms with Crippen LogP contribution in [0.2, 0.25) is 0 Å². The molecule has 0 saturated heterocycles. The summed E-state index contributed by atoms with van der Waals surface area (Å²) in [5, 5.41) is 18.0. The van der Waals surface area contributed by atoms with E-state index in [1.165, 1.54) is 0 Å². The summed E-state index contributed by atoms with van der Waals surface area (Å²) < 4.78 is 16.6. The fourth-order valence-electron chi connectivity index (χ4n) is 2.93. The number of aromatic nitrogens is 1. The van der Waals surface area contributed by atoms with Crippen molar-refractivity contribution in [3.63, 3.8) is 0 Å². The van der Waals surface area contributed by atoms with Gasteiger partial charge in [0.1, 0.15) is 5.75 Å². The van der Waals surface area contributed by atoms with Gasteiger partial charge >= 0.3 is 12.3 Å². The van der Waals surface area contributed by atoms with Crippen molar-refractivity contribution >= 4 is 12.3 Å². The highest BCUT2D eigenvalue weighted by molar-refractivity contribution is 5.80. The van der Waals surface area contributed by atoms with Crippen LogP contribution in [0.15, 0.2) is 24.3 Å². The molecular formula is C16H15NO7. The SMILES string of the molecule is COc1ccc(-c2c(OC(=O)O)c(OC(=O)O)c3n2CCC3)cc1. The second-order valence-corrected chi connectivity index (χ2v) is 5.17. The van der Waals surface area contributed by atoms with Crippen molar-refractivity contribution in [3.8, 4) is 28.5 Å². The van der Waals surface area contributed by atoms with Crippen LogP contribution in [0.5, 0.6) is 17.2 Å². The number of ether oxygens (including phenoxy) is 3. The first-order chi connectivity index (χ1) is 11.5. The van der Waals surface area contributed by atoms with Crippen LogP contribution < -0.4 is 14.2 Å². The maximum atomic E-state index is 11.1. The molecule has 126 valence electrons. The molecule has 1 aliphatic rings. The van der Waals surface area contributed by atoms with E-state index in [0.29, 0.717) is 35.7 Å². The smallest absolute Gasteiger partial charge is 0.497 e. The van der Waals surface area contributed by atoms with Gasteiger partial charge in [0, 0.05) is 12.1 Å². The van der Waals surface area contributed by atoms with E-state index in [-0.39, 0.29) is 11.5 Å². The van der Waals surface area contributed by atoms with E-state index in [9.17, 15) is 9.59 Å². The van der Waals surface area contributed by atoms with Crippen molar-refractivity contribution in [2.45, 2.75) is 19.4 Å². The van der Waals surface area contributed by atoms with Gasteiger partial charge in [-0.15, -0.1) is 0 Å². The molecule has 0 unspecified atom stereocenters. The maximum Gasteiger partial charge on any atom is 0.511 e. The third-order valence-corrected chi connectivity index (χ3v) is 3.82. The minimum Gasteiger partial charge on any atom is -0.497 e. The van der Waals surface area contributed by atoms with E-state index in [4.69, 9.17) is 24.4 Å². The molecule has 8 heteroatoms. The van der Waals surface area contributed by atoms with Crippen LogP contribution in [0.1, 0.15) is 12.1 Å². The zero-order valence-electron chi connectivity index (χ0n) is 12.8. The Kier molecular flexibility index (Phi) is 4.03. The Morgan fingerprint density at radius 2 is 1.67 bits per heavy atom. The lowest BCUT2D eigenvalue weighted by atomic mass is 10.1. The van der Waals surface area contributed by atoms with Crippen LogP contribution in [0.25, 0.3) is 11.3 Å². The van der Waals surface area contributed by atoms with E-state index in [1.54, 1.807) is 31.4 Å². The minimum atomic E-state index is -1.54. The first kappa shape index (κ1) is 15.7. The molecule has 2 heterocycles. The van der Waals surface area contributed by atoms with Gasteiger partial charge in [-0.3, -0.25) is 0 Å². The largest absolute Gasteiger partial charge is 0.511 e. The molecule has 1 aliphatic heterocycles. The molecule has 0 radical (unpaired) electrons. The lowest BCUT2D eigenvalue weighted by molar-refractivity contribution is 0.133. The predicted octanol–water partition coefficient (Wildman–Crippen LogP) is 3.22. The number of carbonyl (C=O) groups is 2. The van der Waals surface area contributed by atoms with Crippen molar-refractivity contribution in [1.29, 1.82) is 0 Å². The van der Waals surface area contributed by atoms with Crippen LogP contribution in [-0.2, 0) is 13.0 Å². The summed E-state index contributed by atoms with van der Waals surface area (Å²) in [4.78, 5) is 22.0. The Hall–Kier alpha value is -3.16. The molecule has 2 aromatic rings. The Labute approximate surface area is 136 Å². The number of carboxylic acid groups (broad SMARTS) is 2. The quantitative estimate of drug-likeness (QED) is 0.827. The van der Waals surface area contributed by atoms with Crippen LogP contribution >= 0.6 is 0 Å². The van der Waals surface area contributed by atoms with Crippen molar-refractivity contribution in [2.24, 2.45) is 0 Å². The third-order valence-electron chi connectivity index (χ3n) is 3.82. The molecule has 0 atom stereocenters. The van der Waals surface area contributed by atoms with Crippen LogP contribution in [0.4, 0.5) is 9.59 Å². The molecule has 3 rings (SSSR count). The minimum absolute atomic E-state index is 0.0618. The summed E-state index contributed by atoms with van der Waals surface area (Å²) in [7, 11) is 1.54. The monoisotopic (exact) mass is 333 g/mol. The normalized spacial score (nSPS) is 12.5. The Bertz CT molecular complexity index is 792. The standard InChI is InChI=1S/C16H15NO7/c1-22-10-6-4-9(5-7-10)12-14(24-16(20)21)13(23-15(18)19)11-3-2-8-17(11)12/h4-7H,2-3,8H2,1H3,(H,18,19)(H,20,21). The maximum absolute atomic E-state index is 11.1. The molecule has 0 saturated carbocycles. The van der Waals surface area contributed by atoms with Gasteiger partial charge in [-0.1, -0.05) is 0 Å². The van der Waals surface area contributed by atoms with Gasteiger partial charge in [0.05, 0.1) is 18.5 Å². The highest BCUT2D eigenvalue weighted by Gasteiger charge is 2.32. The zero-order valence-corrected chi connectivity index (χ0v) is 12.8. The number of hydrogen-bond acceptors (Lipinski definition) is 5. The number of methoxy groups -OCH3 is 1. The molecule has 0 spiro atoms. The Morgan fingerprint density at radius 3 is 2.25 bits per heavy atom. The van der Waals surface area contributed by atoms with Crippen molar-refractivity contribution < 1.29 is 34.0 Å². The lowest BCUT2D eigenvalue weighted by Crippen LogP contribution is -2.08. The summed E-state index contributed by atoms with van der Waals surface area (Å²) in [6.45, 7) is 0.621. The van der Waals surface area contributed by atoms with Gasteiger partial charge in [0.2, 0.25) is 5.75 Å². The van der Waals surface area contributed by atoms with Crippen LogP contribution in [-0.4, -0.2) is 34.2 Å². The molecule has 0 fully saturated rings. The summed E-state index contributed by atoms with van der Waals surface area (Å²) in [6, 6.07) is 6.96. The van der Waals surface area contributed by atoms with Crippen molar-refractivity contribution in [2.75, 3.05) is 7.11 Å². The van der Waals surface area contributed by atoms with Gasteiger partial charge in [-0.25, -0.2) is 9.59 Å². The van der Waals surface area contributed by atoms with Gasteiger partial charge in [0.25, 0.3) is 0 Å². The van der Waals surface area contributed by atoms with E-state index < -0.39 is 12.3 Å². The molecule has 8 nitrogen and oxygen atoms in total. The number of hydrogen-bond donors (Lipinski definition) is 2. The molecule has 24 heavy (non-hydrogen) atoms. The highest BCUT2D eigenvalue weighted by Crippen LogP contribution is 2.47. The van der Waals surface area contributed by atoms with Crippen LogP contribution in [0, 0.1) is 0 Å². The summed E-state index contributed by atoms with van der Waals surface area (Å²) >= 11 is 0. The molecular weight excluding hydrogens is 318 g/mol. The molecule has 1 aromatic heterocycles. The number of benzene rings is 1. The number of rotatable bonds is 4. The second kappa shape index (κ2) is 6.15. The Balaban J connectivity index is 2.18. The predicted molar refractivity (Wildman–Crippen MR) is 82.0 cm³/mol. The molecule has 0 bridgehead atoms. The summed E-state index contributed by atoms with van der Waals surface area (Å²) in [5.41, 5.74) is 1.76. The average molecular weight is 333 g/mol. The zero-order chi connectivity index (χ0) is 17.3. The van der Waals surface area contributed by atoms with E-state index in [1.807, 2.05) is 4.57 Å². The molecule has 2 N–H and O–H groups in total. The van der Waals surface area contributed by atoms with Crippen molar-refractivity contribution in [1.82, 2.24) is 4.57 Å². The molecule has 0 amide bonds. The van der Waals surface area contributed by atoms with Gasteiger partial charge in [0.15, 0.2) is 5.75 Å². The average Bonchev–Trinajstić information content (AvgIpc) is 3.10.